The number of nitro benzene ring substituents is 1. The molecule has 0 fully saturated rings. The zero-order chi connectivity index (χ0) is 23.7. The topological polar surface area (TPSA) is 127 Å². The van der Waals surface area contributed by atoms with Crippen LogP contribution < -0.4 is 15.6 Å². The molecule has 3 aromatic rings. The lowest BCUT2D eigenvalue weighted by atomic mass is 10.0. The van der Waals surface area contributed by atoms with Gasteiger partial charge in [-0.15, -0.1) is 0 Å². The first-order valence-electron chi connectivity index (χ1n) is 10.3. The van der Waals surface area contributed by atoms with E-state index in [1.54, 1.807) is 36.1 Å². The van der Waals surface area contributed by atoms with E-state index in [4.69, 9.17) is 0 Å². The summed E-state index contributed by atoms with van der Waals surface area (Å²) in [6, 6.07) is 12.4. The van der Waals surface area contributed by atoms with E-state index in [-0.39, 0.29) is 23.0 Å². The van der Waals surface area contributed by atoms with Gasteiger partial charge in [0.25, 0.3) is 11.6 Å². The van der Waals surface area contributed by atoms with E-state index in [1.165, 1.54) is 35.9 Å². The Morgan fingerprint density at radius 1 is 1.12 bits per heavy atom. The smallest absolute Gasteiger partial charge is 0.294 e. The summed E-state index contributed by atoms with van der Waals surface area (Å²) in [6.45, 7) is 3.74. The molecular formula is C23H21N5O5. The minimum Gasteiger partial charge on any atom is -0.320 e. The number of amides is 2. The van der Waals surface area contributed by atoms with E-state index in [0.29, 0.717) is 17.9 Å². The van der Waals surface area contributed by atoms with Gasteiger partial charge < -0.3 is 10.2 Å². The number of nitrogens with zero attached hydrogens (tertiary/aromatic N) is 4. The number of anilines is 2. The average Bonchev–Trinajstić information content (AvgIpc) is 2.78. The van der Waals surface area contributed by atoms with Gasteiger partial charge in [0.05, 0.1) is 4.92 Å². The molecule has 0 radical (unpaired) electrons. The van der Waals surface area contributed by atoms with Crippen LogP contribution in [0, 0.1) is 17.0 Å². The molecule has 0 saturated carbocycles. The van der Waals surface area contributed by atoms with E-state index in [1.807, 2.05) is 0 Å². The quantitative estimate of drug-likeness (QED) is 0.484. The normalized spacial score (nSPS) is 12.7. The van der Waals surface area contributed by atoms with Crippen LogP contribution in [0.3, 0.4) is 0 Å². The van der Waals surface area contributed by atoms with Crippen LogP contribution in [0.4, 0.5) is 17.1 Å². The van der Waals surface area contributed by atoms with Gasteiger partial charge >= 0.3 is 0 Å². The Morgan fingerprint density at radius 2 is 1.88 bits per heavy atom. The molecule has 1 aliphatic rings. The molecule has 0 atom stereocenters. The number of fused-ring (bicyclic) bond motifs is 1. The highest BCUT2D eigenvalue weighted by Crippen LogP contribution is 2.30. The van der Waals surface area contributed by atoms with Crippen LogP contribution in [0.15, 0.2) is 53.3 Å². The van der Waals surface area contributed by atoms with Gasteiger partial charge in [0.15, 0.2) is 5.69 Å². The highest BCUT2D eigenvalue weighted by atomic mass is 16.6. The lowest BCUT2D eigenvalue weighted by Crippen LogP contribution is -2.33. The van der Waals surface area contributed by atoms with Crippen molar-refractivity contribution in [3.8, 4) is 5.69 Å². The van der Waals surface area contributed by atoms with Crippen LogP contribution in [-0.4, -0.2) is 33.1 Å². The SMILES string of the molecule is CC(=O)N1CCCc2cc(NC(=O)c3nn(-c4ccccc4[N+](=O)[O-])c(C)cc3=O)ccc21. The first kappa shape index (κ1) is 21.9. The van der Waals surface area contributed by atoms with Crippen molar-refractivity contribution in [3.63, 3.8) is 0 Å². The molecular weight excluding hydrogens is 426 g/mol. The minimum absolute atomic E-state index is 0.0489. The summed E-state index contributed by atoms with van der Waals surface area (Å²) in [5.74, 6) is -0.779. The van der Waals surface area contributed by atoms with Crippen LogP contribution in [0.2, 0.25) is 0 Å². The van der Waals surface area contributed by atoms with E-state index < -0.39 is 16.3 Å². The Labute approximate surface area is 188 Å². The lowest BCUT2D eigenvalue weighted by molar-refractivity contribution is -0.384. The molecule has 1 N–H and O–H groups in total. The van der Waals surface area contributed by atoms with Gasteiger partial charge in [-0.25, -0.2) is 4.68 Å². The summed E-state index contributed by atoms with van der Waals surface area (Å²) in [5, 5.41) is 18.2. The molecule has 2 heterocycles. The number of rotatable bonds is 4. The molecule has 0 bridgehead atoms. The first-order valence-corrected chi connectivity index (χ1v) is 10.3. The molecule has 168 valence electrons. The van der Waals surface area contributed by atoms with Crippen molar-refractivity contribution in [2.45, 2.75) is 26.7 Å². The zero-order valence-corrected chi connectivity index (χ0v) is 18.1. The number of carbonyl (C=O) groups excluding carboxylic acids is 2. The van der Waals surface area contributed by atoms with Gasteiger partial charge in [0.2, 0.25) is 11.3 Å². The third-order valence-electron chi connectivity index (χ3n) is 5.47. The van der Waals surface area contributed by atoms with Crippen LogP contribution in [0.5, 0.6) is 0 Å². The van der Waals surface area contributed by atoms with Crippen molar-refractivity contribution in [1.29, 1.82) is 0 Å². The molecule has 4 rings (SSSR count). The van der Waals surface area contributed by atoms with Crippen molar-refractivity contribution in [3.05, 3.63) is 85.8 Å². The monoisotopic (exact) mass is 447 g/mol. The van der Waals surface area contributed by atoms with Crippen LogP contribution in [0.25, 0.3) is 5.69 Å². The summed E-state index contributed by atoms with van der Waals surface area (Å²) >= 11 is 0. The molecule has 0 spiro atoms. The molecule has 10 heteroatoms. The summed E-state index contributed by atoms with van der Waals surface area (Å²) in [4.78, 5) is 49.8. The molecule has 10 nitrogen and oxygen atoms in total. The number of para-hydroxylation sites is 2. The van der Waals surface area contributed by atoms with Gasteiger partial charge in [-0.2, -0.15) is 5.10 Å². The zero-order valence-electron chi connectivity index (χ0n) is 18.1. The Morgan fingerprint density at radius 3 is 2.61 bits per heavy atom. The summed E-state index contributed by atoms with van der Waals surface area (Å²) < 4.78 is 1.21. The second-order valence-corrected chi connectivity index (χ2v) is 7.73. The maximum atomic E-state index is 12.9. The number of aromatic nitrogens is 2. The van der Waals surface area contributed by atoms with Crippen molar-refractivity contribution >= 4 is 28.9 Å². The number of carbonyl (C=O) groups is 2. The van der Waals surface area contributed by atoms with Gasteiger partial charge in [-0.3, -0.25) is 24.5 Å². The standard InChI is InChI=1S/C23H21N5O5/c1-14-12-21(30)22(25-27(14)19-7-3-4-8-20(19)28(32)33)23(31)24-17-9-10-18-16(13-17)6-5-11-26(18)15(2)29/h3-4,7-10,12-13H,5-6,11H2,1-2H3,(H,24,31). The highest BCUT2D eigenvalue weighted by Gasteiger charge is 2.22. The summed E-state index contributed by atoms with van der Waals surface area (Å²) in [5.41, 5.74) is 1.50. The van der Waals surface area contributed by atoms with Gasteiger partial charge in [-0.05, 0) is 49.6 Å². The Balaban J connectivity index is 1.68. The summed E-state index contributed by atoms with van der Waals surface area (Å²) in [7, 11) is 0. The molecule has 0 unspecified atom stereocenters. The number of hydrogen-bond acceptors (Lipinski definition) is 6. The highest BCUT2D eigenvalue weighted by molar-refractivity contribution is 6.03. The molecule has 1 aliphatic heterocycles. The number of hydrogen-bond donors (Lipinski definition) is 1. The minimum atomic E-state index is -0.730. The number of benzene rings is 2. The third-order valence-corrected chi connectivity index (χ3v) is 5.47. The Hall–Kier alpha value is -4.34. The predicted octanol–water partition coefficient (Wildman–Crippen LogP) is 3.00. The fourth-order valence-electron chi connectivity index (χ4n) is 3.94. The van der Waals surface area contributed by atoms with E-state index in [2.05, 4.69) is 10.4 Å². The largest absolute Gasteiger partial charge is 0.320 e. The van der Waals surface area contributed by atoms with Crippen molar-refractivity contribution in [1.82, 2.24) is 9.78 Å². The molecule has 1 aromatic heterocycles. The Kier molecular flexibility index (Phi) is 5.74. The van der Waals surface area contributed by atoms with Crippen LogP contribution in [0.1, 0.15) is 35.1 Å². The van der Waals surface area contributed by atoms with Gasteiger partial charge in [-0.1, -0.05) is 12.1 Å². The number of aryl methyl sites for hydroxylation is 2. The predicted molar refractivity (Wildman–Crippen MR) is 122 cm³/mol. The molecule has 0 saturated heterocycles. The lowest BCUT2D eigenvalue weighted by Gasteiger charge is -2.28. The average molecular weight is 447 g/mol. The van der Waals surface area contributed by atoms with E-state index in [0.717, 1.165) is 24.1 Å². The fraction of sp³-hybridized carbons (Fsp3) is 0.217. The second kappa shape index (κ2) is 8.65. The van der Waals surface area contributed by atoms with Crippen molar-refractivity contribution in [2.75, 3.05) is 16.8 Å². The summed E-state index contributed by atoms with van der Waals surface area (Å²) in [6.07, 6.45) is 1.57. The van der Waals surface area contributed by atoms with E-state index in [9.17, 15) is 24.5 Å². The Bertz CT molecular complexity index is 1350. The van der Waals surface area contributed by atoms with Gasteiger partial charge in [0, 0.05) is 42.7 Å². The van der Waals surface area contributed by atoms with Crippen molar-refractivity contribution in [2.24, 2.45) is 0 Å². The first-order chi connectivity index (χ1) is 15.8. The van der Waals surface area contributed by atoms with E-state index >= 15 is 0 Å². The van der Waals surface area contributed by atoms with Gasteiger partial charge in [0.1, 0.15) is 5.69 Å². The fourth-order valence-corrected chi connectivity index (χ4v) is 3.94. The second-order valence-electron chi connectivity index (χ2n) is 7.73. The molecule has 2 aromatic carbocycles. The molecule has 33 heavy (non-hydrogen) atoms. The number of nitrogens with one attached hydrogen (secondary N) is 1. The van der Waals surface area contributed by atoms with Crippen molar-refractivity contribution < 1.29 is 14.5 Å². The maximum Gasteiger partial charge on any atom is 0.294 e. The van der Waals surface area contributed by atoms with Crippen LogP contribution >= 0.6 is 0 Å². The maximum absolute atomic E-state index is 12.9. The molecule has 0 aliphatic carbocycles. The molecule has 2 amide bonds. The third kappa shape index (κ3) is 4.22. The van der Waals surface area contributed by atoms with Crippen LogP contribution in [-0.2, 0) is 11.2 Å². The number of nitro groups is 1.